The number of carbonyl (C=O) groups excluding carboxylic acids is 2. The van der Waals surface area contributed by atoms with Crippen molar-refractivity contribution in [2.75, 3.05) is 6.61 Å². The molecule has 0 aliphatic carbocycles. The summed E-state index contributed by atoms with van der Waals surface area (Å²) in [5.41, 5.74) is 7.47. The van der Waals surface area contributed by atoms with E-state index in [9.17, 15) is 9.59 Å². The summed E-state index contributed by atoms with van der Waals surface area (Å²) >= 11 is 5.27. The maximum atomic E-state index is 12.4. The number of nitrogens with zero attached hydrogens (tertiary/aromatic N) is 2. The lowest BCUT2D eigenvalue weighted by Gasteiger charge is -2.10. The van der Waals surface area contributed by atoms with Crippen LogP contribution in [0.3, 0.4) is 0 Å². The van der Waals surface area contributed by atoms with Crippen molar-refractivity contribution in [2.24, 2.45) is 0 Å². The zero-order chi connectivity index (χ0) is 22.5. The first-order chi connectivity index (χ1) is 15.5. The summed E-state index contributed by atoms with van der Waals surface area (Å²) in [6.45, 7) is 2.38. The van der Waals surface area contributed by atoms with Gasteiger partial charge in [-0.1, -0.05) is 18.2 Å². The molecular formula is C22H22N6O3S. The number of benzene rings is 2. The van der Waals surface area contributed by atoms with Crippen LogP contribution in [0, 0.1) is 4.77 Å². The van der Waals surface area contributed by atoms with Crippen LogP contribution in [0.15, 0.2) is 54.7 Å². The average molecular weight is 451 g/mol. The van der Waals surface area contributed by atoms with Gasteiger partial charge in [-0.3, -0.25) is 30.1 Å². The number of hydrogen-bond acceptors (Lipinski definition) is 5. The van der Waals surface area contributed by atoms with Crippen molar-refractivity contribution in [1.82, 2.24) is 30.6 Å². The molecule has 10 heteroatoms. The van der Waals surface area contributed by atoms with Crippen molar-refractivity contribution in [3.8, 4) is 17.1 Å². The van der Waals surface area contributed by atoms with E-state index in [0.717, 1.165) is 27.8 Å². The number of amides is 2. The van der Waals surface area contributed by atoms with Gasteiger partial charge in [0, 0.05) is 22.7 Å². The summed E-state index contributed by atoms with van der Waals surface area (Å²) in [6.07, 6.45) is 1.92. The third kappa shape index (κ3) is 4.70. The molecular weight excluding hydrogens is 428 g/mol. The topological polar surface area (TPSA) is 117 Å². The highest BCUT2D eigenvalue weighted by molar-refractivity contribution is 7.71. The van der Waals surface area contributed by atoms with Crippen molar-refractivity contribution in [1.29, 1.82) is 0 Å². The summed E-state index contributed by atoms with van der Waals surface area (Å²) in [5.74, 6) is 0.499. The van der Waals surface area contributed by atoms with E-state index in [-0.39, 0.29) is 18.9 Å². The summed E-state index contributed by atoms with van der Waals surface area (Å²) in [7, 11) is 0. The van der Waals surface area contributed by atoms with Gasteiger partial charge in [0.2, 0.25) is 5.91 Å². The molecule has 0 atom stereocenters. The maximum absolute atomic E-state index is 12.4. The first kappa shape index (κ1) is 21.3. The molecule has 4 aromatic rings. The van der Waals surface area contributed by atoms with Crippen LogP contribution in [-0.4, -0.2) is 38.2 Å². The Hall–Kier alpha value is -3.92. The minimum atomic E-state index is -0.429. The van der Waals surface area contributed by atoms with E-state index in [4.69, 9.17) is 17.0 Å². The third-order valence-electron chi connectivity index (χ3n) is 4.85. The SMILES string of the molecule is CCOc1ccc(-c2n[nH]c(=S)n2CC(=O)NNC(=O)Cc2c[nH]c3ccccc23)cc1. The Labute approximate surface area is 188 Å². The second kappa shape index (κ2) is 9.48. The summed E-state index contributed by atoms with van der Waals surface area (Å²) in [6, 6.07) is 15.0. The Bertz CT molecular complexity index is 1310. The Kier molecular flexibility index (Phi) is 6.31. The third-order valence-corrected chi connectivity index (χ3v) is 5.16. The molecule has 2 amide bonds. The highest BCUT2D eigenvalue weighted by atomic mass is 32.1. The minimum absolute atomic E-state index is 0.106. The molecule has 0 unspecified atom stereocenters. The van der Waals surface area contributed by atoms with Gasteiger partial charge in [-0.15, -0.1) is 0 Å². The van der Waals surface area contributed by atoms with Crippen molar-refractivity contribution in [2.45, 2.75) is 19.9 Å². The lowest BCUT2D eigenvalue weighted by atomic mass is 10.1. The number of nitrogens with one attached hydrogen (secondary N) is 4. The number of aromatic nitrogens is 4. The zero-order valence-corrected chi connectivity index (χ0v) is 18.2. The first-order valence-electron chi connectivity index (χ1n) is 10.1. The maximum Gasteiger partial charge on any atom is 0.258 e. The lowest BCUT2D eigenvalue weighted by Crippen LogP contribution is -2.43. The van der Waals surface area contributed by atoms with E-state index in [1.165, 1.54) is 0 Å². The largest absolute Gasteiger partial charge is 0.494 e. The fourth-order valence-corrected chi connectivity index (χ4v) is 3.57. The quantitative estimate of drug-likeness (QED) is 0.255. The van der Waals surface area contributed by atoms with Crippen molar-refractivity contribution in [3.63, 3.8) is 0 Å². The van der Waals surface area contributed by atoms with E-state index < -0.39 is 5.91 Å². The first-order valence-corrected chi connectivity index (χ1v) is 10.5. The summed E-state index contributed by atoms with van der Waals surface area (Å²) in [4.78, 5) is 27.9. The molecule has 0 fully saturated rings. The monoisotopic (exact) mass is 450 g/mol. The van der Waals surface area contributed by atoms with E-state index >= 15 is 0 Å². The van der Waals surface area contributed by atoms with Crippen LogP contribution in [0.5, 0.6) is 5.75 Å². The average Bonchev–Trinajstić information content (AvgIpc) is 3.37. The Morgan fingerprint density at radius 2 is 1.84 bits per heavy atom. The number of hydrazine groups is 1. The molecule has 164 valence electrons. The molecule has 0 aliphatic heterocycles. The van der Waals surface area contributed by atoms with Crippen LogP contribution in [0.1, 0.15) is 12.5 Å². The normalized spacial score (nSPS) is 10.8. The molecule has 0 saturated heterocycles. The van der Waals surface area contributed by atoms with Crippen LogP contribution in [0.25, 0.3) is 22.3 Å². The number of rotatable bonds is 7. The number of fused-ring (bicyclic) bond motifs is 1. The van der Waals surface area contributed by atoms with Gasteiger partial charge in [-0.2, -0.15) is 5.10 Å². The molecule has 32 heavy (non-hydrogen) atoms. The van der Waals surface area contributed by atoms with Gasteiger partial charge in [0.15, 0.2) is 10.6 Å². The Balaban J connectivity index is 1.37. The van der Waals surface area contributed by atoms with Gasteiger partial charge in [0.05, 0.1) is 13.0 Å². The van der Waals surface area contributed by atoms with E-state index in [0.29, 0.717) is 17.2 Å². The number of carbonyl (C=O) groups is 2. The summed E-state index contributed by atoms with van der Waals surface area (Å²) < 4.78 is 7.31. The van der Waals surface area contributed by atoms with E-state index in [1.54, 1.807) is 10.8 Å². The van der Waals surface area contributed by atoms with Crippen molar-refractivity contribution >= 4 is 34.9 Å². The van der Waals surface area contributed by atoms with Crippen LogP contribution in [0.4, 0.5) is 0 Å². The molecule has 2 aromatic heterocycles. The molecule has 4 N–H and O–H groups in total. The smallest absolute Gasteiger partial charge is 0.258 e. The highest BCUT2D eigenvalue weighted by Gasteiger charge is 2.14. The van der Waals surface area contributed by atoms with Crippen LogP contribution in [0.2, 0.25) is 0 Å². The number of aromatic amines is 2. The van der Waals surface area contributed by atoms with Crippen LogP contribution >= 0.6 is 12.2 Å². The second-order valence-corrected chi connectivity index (χ2v) is 7.42. The Morgan fingerprint density at radius 3 is 2.62 bits per heavy atom. The number of hydrogen-bond donors (Lipinski definition) is 4. The van der Waals surface area contributed by atoms with Crippen molar-refractivity contribution < 1.29 is 14.3 Å². The van der Waals surface area contributed by atoms with Gasteiger partial charge < -0.3 is 9.72 Å². The molecule has 0 aliphatic rings. The van der Waals surface area contributed by atoms with Crippen LogP contribution < -0.4 is 15.6 Å². The van der Waals surface area contributed by atoms with Crippen LogP contribution in [-0.2, 0) is 22.6 Å². The predicted octanol–water partition coefficient (Wildman–Crippen LogP) is 2.88. The molecule has 2 aromatic carbocycles. The molecule has 0 radical (unpaired) electrons. The fourth-order valence-electron chi connectivity index (χ4n) is 3.37. The number of para-hydroxylation sites is 1. The standard InChI is InChI=1S/C22H22N6O3S/c1-2-31-16-9-7-14(8-10-16)21-26-27-22(32)28(21)13-20(30)25-24-19(29)11-15-12-23-18-6-4-3-5-17(15)18/h3-10,12,23H,2,11,13H2,1H3,(H,24,29)(H,25,30)(H,27,32). The fraction of sp³-hybridized carbons (Fsp3) is 0.182. The minimum Gasteiger partial charge on any atom is -0.494 e. The zero-order valence-electron chi connectivity index (χ0n) is 17.3. The van der Waals surface area contributed by atoms with Crippen molar-refractivity contribution in [3.05, 3.63) is 65.1 Å². The molecule has 2 heterocycles. The van der Waals surface area contributed by atoms with Gasteiger partial charge in [0.25, 0.3) is 5.91 Å². The van der Waals surface area contributed by atoms with Gasteiger partial charge in [-0.05, 0) is 55.0 Å². The van der Waals surface area contributed by atoms with Gasteiger partial charge in [-0.25, -0.2) is 0 Å². The molecule has 0 spiro atoms. The molecule has 9 nitrogen and oxygen atoms in total. The summed E-state index contributed by atoms with van der Waals surface area (Å²) in [5, 5.41) is 7.90. The molecule has 0 saturated carbocycles. The second-order valence-electron chi connectivity index (χ2n) is 7.03. The Morgan fingerprint density at radius 1 is 1.09 bits per heavy atom. The highest BCUT2D eigenvalue weighted by Crippen LogP contribution is 2.21. The predicted molar refractivity (Wildman–Crippen MR) is 122 cm³/mol. The molecule has 4 rings (SSSR count). The lowest BCUT2D eigenvalue weighted by molar-refractivity contribution is -0.128. The number of H-pyrrole nitrogens is 2. The van der Waals surface area contributed by atoms with E-state index in [1.807, 2.05) is 55.5 Å². The van der Waals surface area contributed by atoms with Gasteiger partial charge >= 0.3 is 0 Å². The van der Waals surface area contributed by atoms with Gasteiger partial charge in [0.1, 0.15) is 12.3 Å². The van der Waals surface area contributed by atoms with E-state index in [2.05, 4.69) is 26.0 Å². The number of ether oxygens (including phenoxy) is 1. The molecule has 0 bridgehead atoms.